The zero-order valence-corrected chi connectivity index (χ0v) is 18.1. The first-order valence-electron chi connectivity index (χ1n) is 10.3. The first-order chi connectivity index (χ1) is 15.4. The van der Waals surface area contributed by atoms with Gasteiger partial charge >= 0.3 is 0 Å². The lowest BCUT2D eigenvalue weighted by Crippen LogP contribution is -2.23. The standard InChI is InChI=1S/C24H23FN4O3/c1-24(2,25)21-7-6-16(11-27-21)20-13-31-19-10-15(9-18(30-3)22(19)32-20)12-29-14-28-17-5-4-8-26-23(17)29/h4-11,14,20H,12-13H2,1-3H3/t20-/m0/s1. The quantitative estimate of drug-likeness (QED) is 0.457. The van der Waals surface area contributed by atoms with Crippen molar-refractivity contribution in [1.29, 1.82) is 0 Å². The van der Waals surface area contributed by atoms with Crippen molar-refractivity contribution in [2.75, 3.05) is 13.7 Å². The number of hydrogen-bond donors (Lipinski definition) is 0. The van der Waals surface area contributed by atoms with E-state index in [9.17, 15) is 4.39 Å². The van der Waals surface area contributed by atoms with E-state index >= 15 is 0 Å². The Kier molecular flexibility index (Phi) is 4.92. The number of benzene rings is 1. The molecular weight excluding hydrogens is 411 g/mol. The van der Waals surface area contributed by atoms with Crippen LogP contribution in [-0.2, 0) is 12.2 Å². The number of hydrogen-bond acceptors (Lipinski definition) is 6. The van der Waals surface area contributed by atoms with Crippen LogP contribution in [0.25, 0.3) is 11.2 Å². The Hall–Kier alpha value is -3.68. The summed E-state index contributed by atoms with van der Waals surface area (Å²) >= 11 is 0. The molecule has 0 bridgehead atoms. The molecule has 0 fully saturated rings. The lowest BCUT2D eigenvalue weighted by Gasteiger charge is -2.28. The minimum Gasteiger partial charge on any atom is -0.493 e. The minimum absolute atomic E-state index is 0.315. The maximum absolute atomic E-state index is 14.1. The summed E-state index contributed by atoms with van der Waals surface area (Å²) in [7, 11) is 1.60. The molecule has 0 unspecified atom stereocenters. The lowest BCUT2D eigenvalue weighted by molar-refractivity contribution is 0.0866. The van der Waals surface area contributed by atoms with Gasteiger partial charge in [-0.25, -0.2) is 14.4 Å². The van der Waals surface area contributed by atoms with Crippen molar-refractivity contribution in [2.45, 2.75) is 32.2 Å². The molecule has 5 rings (SSSR count). The van der Waals surface area contributed by atoms with Crippen molar-refractivity contribution in [3.8, 4) is 17.2 Å². The smallest absolute Gasteiger partial charge is 0.204 e. The Morgan fingerprint density at radius 3 is 2.81 bits per heavy atom. The van der Waals surface area contributed by atoms with Crippen LogP contribution in [0.1, 0.15) is 36.8 Å². The number of nitrogens with zero attached hydrogens (tertiary/aromatic N) is 4. The number of alkyl halides is 1. The topological polar surface area (TPSA) is 71.3 Å². The zero-order valence-electron chi connectivity index (χ0n) is 18.1. The molecule has 7 nitrogen and oxygen atoms in total. The number of methoxy groups -OCH3 is 1. The lowest BCUT2D eigenvalue weighted by atomic mass is 10.0. The number of halogens is 1. The molecule has 0 N–H and O–H groups in total. The minimum atomic E-state index is -1.50. The van der Waals surface area contributed by atoms with Gasteiger partial charge in [0.2, 0.25) is 5.75 Å². The fourth-order valence-corrected chi connectivity index (χ4v) is 3.76. The van der Waals surface area contributed by atoms with Crippen LogP contribution in [0.2, 0.25) is 0 Å². The van der Waals surface area contributed by atoms with Crippen LogP contribution in [-0.4, -0.2) is 33.2 Å². The molecule has 4 aromatic rings. The van der Waals surface area contributed by atoms with Gasteiger partial charge in [-0.15, -0.1) is 0 Å². The normalized spacial score (nSPS) is 15.7. The molecule has 0 radical (unpaired) electrons. The summed E-state index contributed by atoms with van der Waals surface area (Å²) in [4.78, 5) is 13.1. The Labute approximate surface area is 184 Å². The summed E-state index contributed by atoms with van der Waals surface area (Å²) in [5.41, 5.74) is 2.33. The molecule has 0 aliphatic carbocycles. The largest absolute Gasteiger partial charge is 0.493 e. The molecule has 32 heavy (non-hydrogen) atoms. The van der Waals surface area contributed by atoms with E-state index in [0.717, 1.165) is 22.3 Å². The van der Waals surface area contributed by atoms with Gasteiger partial charge in [0.15, 0.2) is 23.3 Å². The summed E-state index contributed by atoms with van der Waals surface area (Å²) in [5, 5.41) is 0. The van der Waals surface area contributed by atoms with E-state index in [0.29, 0.717) is 36.1 Å². The highest BCUT2D eigenvalue weighted by atomic mass is 19.1. The number of pyridine rings is 2. The van der Waals surface area contributed by atoms with Crippen molar-refractivity contribution in [3.05, 3.63) is 71.9 Å². The van der Waals surface area contributed by atoms with Crippen molar-refractivity contribution < 1.29 is 18.6 Å². The van der Waals surface area contributed by atoms with Crippen LogP contribution >= 0.6 is 0 Å². The van der Waals surface area contributed by atoms with E-state index in [4.69, 9.17) is 14.2 Å². The molecule has 4 heterocycles. The predicted molar refractivity (Wildman–Crippen MR) is 117 cm³/mol. The van der Waals surface area contributed by atoms with Gasteiger partial charge in [0.25, 0.3) is 0 Å². The van der Waals surface area contributed by atoms with Crippen LogP contribution in [0.4, 0.5) is 4.39 Å². The monoisotopic (exact) mass is 434 g/mol. The highest BCUT2D eigenvalue weighted by Gasteiger charge is 2.28. The molecule has 0 amide bonds. The van der Waals surface area contributed by atoms with Gasteiger partial charge in [0.05, 0.1) is 25.7 Å². The Bertz CT molecular complexity index is 1250. The van der Waals surface area contributed by atoms with Crippen molar-refractivity contribution >= 4 is 11.2 Å². The molecule has 0 spiro atoms. The third-order valence-electron chi connectivity index (χ3n) is 5.45. The fraction of sp³-hybridized carbons (Fsp3) is 0.292. The van der Waals surface area contributed by atoms with Crippen molar-refractivity contribution in [1.82, 2.24) is 19.5 Å². The van der Waals surface area contributed by atoms with Crippen LogP contribution in [0.15, 0.2) is 55.1 Å². The second-order valence-electron chi connectivity index (χ2n) is 8.21. The molecule has 1 aliphatic heterocycles. The Balaban J connectivity index is 1.41. The van der Waals surface area contributed by atoms with Crippen LogP contribution in [0.5, 0.6) is 17.2 Å². The van der Waals surface area contributed by atoms with Gasteiger partial charge in [-0.3, -0.25) is 4.98 Å². The zero-order chi connectivity index (χ0) is 22.3. The highest BCUT2D eigenvalue weighted by Crippen LogP contribution is 2.44. The summed E-state index contributed by atoms with van der Waals surface area (Å²) in [6.07, 6.45) is 4.79. The average Bonchev–Trinajstić information content (AvgIpc) is 3.20. The van der Waals surface area contributed by atoms with Gasteiger partial charge in [-0.1, -0.05) is 6.07 Å². The van der Waals surface area contributed by atoms with Crippen molar-refractivity contribution in [2.24, 2.45) is 0 Å². The number of ether oxygens (including phenoxy) is 3. The molecule has 164 valence electrons. The van der Waals surface area contributed by atoms with Gasteiger partial charge in [0, 0.05) is 18.0 Å². The van der Waals surface area contributed by atoms with Gasteiger partial charge in [-0.2, -0.15) is 0 Å². The highest BCUT2D eigenvalue weighted by molar-refractivity contribution is 5.70. The summed E-state index contributed by atoms with van der Waals surface area (Å²) in [6.45, 7) is 3.84. The second kappa shape index (κ2) is 7.78. The molecule has 0 saturated heterocycles. The van der Waals surface area contributed by atoms with Crippen LogP contribution < -0.4 is 14.2 Å². The Morgan fingerprint density at radius 2 is 2.06 bits per heavy atom. The molecule has 3 aromatic heterocycles. The van der Waals surface area contributed by atoms with Crippen molar-refractivity contribution in [3.63, 3.8) is 0 Å². The molecule has 1 atom stereocenters. The number of imidazole rings is 1. The van der Waals surface area contributed by atoms with E-state index in [1.807, 2.05) is 34.9 Å². The van der Waals surface area contributed by atoms with Gasteiger partial charge in [0.1, 0.15) is 17.8 Å². The molecular formula is C24H23FN4O3. The molecule has 1 aromatic carbocycles. The third kappa shape index (κ3) is 3.72. The predicted octanol–water partition coefficient (Wildman–Crippen LogP) is 4.60. The maximum atomic E-state index is 14.1. The van der Waals surface area contributed by atoms with Crippen LogP contribution in [0.3, 0.4) is 0 Å². The summed E-state index contributed by atoms with van der Waals surface area (Å²) in [6, 6.07) is 11.2. The number of rotatable bonds is 5. The third-order valence-corrected chi connectivity index (χ3v) is 5.45. The Morgan fingerprint density at radius 1 is 1.19 bits per heavy atom. The van der Waals surface area contributed by atoms with E-state index in [1.54, 1.807) is 31.9 Å². The first kappa shape index (κ1) is 20.2. The molecule has 1 aliphatic rings. The number of aromatic nitrogens is 4. The van der Waals surface area contributed by atoms with Gasteiger partial charge in [-0.05, 0) is 49.7 Å². The summed E-state index contributed by atoms with van der Waals surface area (Å²) < 4.78 is 33.9. The number of fused-ring (bicyclic) bond motifs is 2. The van der Waals surface area contributed by atoms with Crippen LogP contribution in [0, 0.1) is 0 Å². The SMILES string of the molecule is COc1cc(Cn2cnc3cccnc32)cc2c1O[C@H](c1ccc(C(C)(C)F)nc1)CO2. The van der Waals surface area contributed by atoms with E-state index in [-0.39, 0.29) is 6.10 Å². The molecule has 0 saturated carbocycles. The van der Waals surface area contributed by atoms with E-state index < -0.39 is 5.67 Å². The molecule has 8 heteroatoms. The van der Waals surface area contributed by atoms with Gasteiger partial charge < -0.3 is 18.8 Å². The maximum Gasteiger partial charge on any atom is 0.204 e. The fourth-order valence-electron chi connectivity index (χ4n) is 3.76. The van der Waals surface area contributed by atoms with E-state index in [2.05, 4.69) is 15.0 Å². The second-order valence-corrected chi connectivity index (χ2v) is 8.21. The summed E-state index contributed by atoms with van der Waals surface area (Å²) in [5.74, 6) is 1.73. The average molecular weight is 434 g/mol. The van der Waals surface area contributed by atoms with E-state index in [1.165, 1.54) is 13.8 Å². The first-order valence-corrected chi connectivity index (χ1v) is 10.3.